The molecule has 3 aromatic rings. The van der Waals surface area contributed by atoms with Crippen LogP contribution in [0.3, 0.4) is 0 Å². The molecule has 0 saturated carbocycles. The predicted octanol–water partition coefficient (Wildman–Crippen LogP) is 2.83. The van der Waals surface area contributed by atoms with Gasteiger partial charge in [0.2, 0.25) is 4.96 Å². The van der Waals surface area contributed by atoms with E-state index in [1.54, 1.807) is 10.7 Å². The minimum Gasteiger partial charge on any atom is -0.494 e. The standard InChI is InChI=1S/C13H14N4OS/c1-2-7-18-10-5-3-9(4-6-10)12-16-17-8-11(14)15-13(17)19-12/h3-6,8H,2,7,14H2,1H3. The summed E-state index contributed by atoms with van der Waals surface area (Å²) < 4.78 is 7.26. The molecule has 0 aliphatic rings. The Morgan fingerprint density at radius 2 is 2.11 bits per heavy atom. The monoisotopic (exact) mass is 274 g/mol. The molecule has 2 N–H and O–H groups in total. The zero-order valence-corrected chi connectivity index (χ0v) is 11.4. The lowest BCUT2D eigenvalue weighted by Crippen LogP contribution is -1.94. The fourth-order valence-corrected chi connectivity index (χ4v) is 2.64. The molecule has 5 nitrogen and oxygen atoms in total. The van der Waals surface area contributed by atoms with Crippen LogP contribution in [0.2, 0.25) is 0 Å². The first-order valence-corrected chi connectivity index (χ1v) is 6.93. The molecule has 0 aliphatic carbocycles. The van der Waals surface area contributed by atoms with E-state index >= 15 is 0 Å². The fraction of sp³-hybridized carbons (Fsp3) is 0.231. The van der Waals surface area contributed by atoms with E-state index < -0.39 is 0 Å². The number of nitrogen functional groups attached to an aromatic ring is 1. The molecule has 6 heteroatoms. The molecule has 0 saturated heterocycles. The van der Waals surface area contributed by atoms with Crippen molar-refractivity contribution in [3.8, 4) is 16.3 Å². The SMILES string of the molecule is CCCOc1ccc(-c2nn3cc(N)nc3s2)cc1. The summed E-state index contributed by atoms with van der Waals surface area (Å²) in [6.07, 6.45) is 2.72. The molecule has 0 aliphatic heterocycles. The van der Waals surface area contributed by atoms with Crippen molar-refractivity contribution in [1.29, 1.82) is 0 Å². The van der Waals surface area contributed by atoms with E-state index in [0.29, 0.717) is 5.82 Å². The molecule has 1 aromatic carbocycles. The number of anilines is 1. The van der Waals surface area contributed by atoms with Crippen molar-refractivity contribution >= 4 is 22.1 Å². The Labute approximate surface area is 114 Å². The Kier molecular flexibility index (Phi) is 3.08. The molecule has 0 atom stereocenters. The third kappa shape index (κ3) is 2.39. The van der Waals surface area contributed by atoms with E-state index in [1.807, 2.05) is 24.3 Å². The zero-order valence-electron chi connectivity index (χ0n) is 10.5. The van der Waals surface area contributed by atoms with Crippen LogP contribution in [0.4, 0.5) is 5.82 Å². The molecular weight excluding hydrogens is 260 g/mol. The molecule has 2 aromatic heterocycles. The normalized spacial score (nSPS) is 11.0. The molecule has 0 fully saturated rings. The maximum Gasteiger partial charge on any atom is 0.214 e. The number of hydrogen-bond donors (Lipinski definition) is 1. The number of ether oxygens (including phenoxy) is 1. The van der Waals surface area contributed by atoms with Gasteiger partial charge in [0.05, 0.1) is 12.8 Å². The van der Waals surface area contributed by atoms with Gasteiger partial charge in [-0.05, 0) is 30.7 Å². The van der Waals surface area contributed by atoms with Crippen molar-refractivity contribution in [3.05, 3.63) is 30.5 Å². The van der Waals surface area contributed by atoms with E-state index in [2.05, 4.69) is 17.0 Å². The van der Waals surface area contributed by atoms with Gasteiger partial charge in [-0.1, -0.05) is 18.3 Å². The first kappa shape index (κ1) is 12.0. The summed E-state index contributed by atoms with van der Waals surface area (Å²) in [5, 5.41) is 5.37. The first-order chi connectivity index (χ1) is 9.26. The summed E-state index contributed by atoms with van der Waals surface area (Å²) in [7, 11) is 0. The summed E-state index contributed by atoms with van der Waals surface area (Å²) in [5.74, 6) is 1.38. The van der Waals surface area contributed by atoms with Gasteiger partial charge in [-0.3, -0.25) is 0 Å². The van der Waals surface area contributed by atoms with E-state index in [0.717, 1.165) is 34.3 Å². The molecule has 0 spiro atoms. The summed E-state index contributed by atoms with van der Waals surface area (Å²) in [4.78, 5) is 4.99. The van der Waals surface area contributed by atoms with Gasteiger partial charge in [0.1, 0.15) is 16.6 Å². The summed E-state index contributed by atoms with van der Waals surface area (Å²) in [6, 6.07) is 7.94. The highest BCUT2D eigenvalue weighted by molar-refractivity contribution is 7.19. The molecule has 3 rings (SSSR count). The summed E-state index contributed by atoms with van der Waals surface area (Å²) in [6.45, 7) is 2.83. The Bertz CT molecular complexity index is 655. The van der Waals surface area contributed by atoms with E-state index in [9.17, 15) is 0 Å². The Balaban J connectivity index is 1.86. The minimum absolute atomic E-state index is 0.494. The molecule has 19 heavy (non-hydrogen) atoms. The lowest BCUT2D eigenvalue weighted by molar-refractivity contribution is 0.317. The Morgan fingerprint density at radius 3 is 2.79 bits per heavy atom. The van der Waals surface area contributed by atoms with Crippen LogP contribution in [0.5, 0.6) is 5.75 Å². The van der Waals surface area contributed by atoms with Gasteiger partial charge in [-0.25, -0.2) is 9.50 Å². The van der Waals surface area contributed by atoms with Crippen LogP contribution < -0.4 is 10.5 Å². The molecule has 0 unspecified atom stereocenters. The Hall–Kier alpha value is -2.08. The average molecular weight is 274 g/mol. The van der Waals surface area contributed by atoms with E-state index in [4.69, 9.17) is 10.5 Å². The van der Waals surface area contributed by atoms with Gasteiger partial charge < -0.3 is 10.5 Å². The van der Waals surface area contributed by atoms with E-state index in [1.165, 1.54) is 11.3 Å². The molecule has 98 valence electrons. The van der Waals surface area contributed by atoms with Gasteiger partial charge in [0.15, 0.2) is 0 Å². The number of nitrogens with zero attached hydrogens (tertiary/aromatic N) is 3. The molecule has 0 radical (unpaired) electrons. The first-order valence-electron chi connectivity index (χ1n) is 6.11. The Morgan fingerprint density at radius 1 is 1.32 bits per heavy atom. The number of hydrogen-bond acceptors (Lipinski definition) is 5. The maximum absolute atomic E-state index is 5.61. The number of benzene rings is 1. The minimum atomic E-state index is 0.494. The van der Waals surface area contributed by atoms with Crippen molar-refractivity contribution in [2.24, 2.45) is 0 Å². The molecule has 0 bridgehead atoms. The van der Waals surface area contributed by atoms with Gasteiger partial charge in [0.25, 0.3) is 0 Å². The van der Waals surface area contributed by atoms with Crippen LogP contribution in [0.25, 0.3) is 15.5 Å². The second-order valence-corrected chi connectivity index (χ2v) is 5.13. The van der Waals surface area contributed by atoms with Crippen LogP contribution in [0.1, 0.15) is 13.3 Å². The van der Waals surface area contributed by atoms with Crippen LogP contribution in [0.15, 0.2) is 30.5 Å². The van der Waals surface area contributed by atoms with Crippen molar-refractivity contribution in [1.82, 2.24) is 14.6 Å². The highest BCUT2D eigenvalue weighted by atomic mass is 32.1. The number of imidazole rings is 1. The van der Waals surface area contributed by atoms with E-state index in [-0.39, 0.29) is 0 Å². The highest BCUT2D eigenvalue weighted by Gasteiger charge is 2.08. The average Bonchev–Trinajstić information content (AvgIpc) is 2.94. The number of aromatic nitrogens is 3. The van der Waals surface area contributed by atoms with Crippen molar-refractivity contribution in [2.45, 2.75) is 13.3 Å². The lowest BCUT2D eigenvalue weighted by Gasteiger charge is -2.04. The highest BCUT2D eigenvalue weighted by Crippen LogP contribution is 2.27. The third-order valence-corrected chi connectivity index (χ3v) is 3.61. The molecular formula is C13H14N4OS. The van der Waals surface area contributed by atoms with Gasteiger partial charge in [-0.15, -0.1) is 0 Å². The summed E-state index contributed by atoms with van der Waals surface area (Å²) in [5.41, 5.74) is 6.66. The van der Waals surface area contributed by atoms with Gasteiger partial charge >= 0.3 is 0 Å². The fourth-order valence-electron chi connectivity index (χ4n) is 1.75. The number of nitrogens with two attached hydrogens (primary N) is 1. The largest absolute Gasteiger partial charge is 0.494 e. The van der Waals surface area contributed by atoms with Gasteiger partial charge in [0, 0.05) is 5.56 Å². The predicted molar refractivity (Wildman–Crippen MR) is 76.5 cm³/mol. The maximum atomic E-state index is 5.61. The molecule has 0 amide bonds. The van der Waals surface area contributed by atoms with Crippen molar-refractivity contribution in [3.63, 3.8) is 0 Å². The third-order valence-electron chi connectivity index (χ3n) is 2.64. The van der Waals surface area contributed by atoms with Crippen LogP contribution >= 0.6 is 11.3 Å². The second-order valence-electron chi connectivity index (χ2n) is 4.17. The van der Waals surface area contributed by atoms with Gasteiger partial charge in [-0.2, -0.15) is 5.10 Å². The second kappa shape index (κ2) is 4.89. The number of fused-ring (bicyclic) bond motifs is 1. The summed E-state index contributed by atoms with van der Waals surface area (Å²) >= 11 is 1.51. The van der Waals surface area contributed by atoms with Crippen molar-refractivity contribution < 1.29 is 4.74 Å². The van der Waals surface area contributed by atoms with Crippen LogP contribution in [0, 0.1) is 0 Å². The topological polar surface area (TPSA) is 65.4 Å². The number of rotatable bonds is 4. The van der Waals surface area contributed by atoms with Crippen LogP contribution in [-0.4, -0.2) is 21.2 Å². The smallest absolute Gasteiger partial charge is 0.214 e. The van der Waals surface area contributed by atoms with Crippen molar-refractivity contribution in [2.75, 3.05) is 12.3 Å². The van der Waals surface area contributed by atoms with Crippen LogP contribution in [-0.2, 0) is 0 Å². The zero-order chi connectivity index (χ0) is 13.2. The lowest BCUT2D eigenvalue weighted by atomic mass is 10.2. The quantitative estimate of drug-likeness (QED) is 0.794. The molecule has 2 heterocycles.